The van der Waals surface area contributed by atoms with E-state index in [2.05, 4.69) is 0 Å². The van der Waals surface area contributed by atoms with Crippen LogP contribution in [-0.2, 0) is 6.42 Å². The lowest BCUT2D eigenvalue weighted by atomic mass is 9.89. The van der Waals surface area contributed by atoms with Crippen molar-refractivity contribution in [3.05, 3.63) is 34.9 Å². The van der Waals surface area contributed by atoms with E-state index in [1.165, 1.54) is 0 Å². The first kappa shape index (κ1) is 12.8. The van der Waals surface area contributed by atoms with E-state index in [0.717, 1.165) is 24.0 Å². The van der Waals surface area contributed by atoms with Gasteiger partial charge in [-0.3, -0.25) is 9.59 Å². The Kier molecular flexibility index (Phi) is 3.80. The van der Waals surface area contributed by atoms with Gasteiger partial charge in [0.15, 0.2) is 5.78 Å². The molecule has 0 saturated carbocycles. The molecule has 18 heavy (non-hydrogen) atoms. The Morgan fingerprint density at radius 2 is 1.94 bits per heavy atom. The molecular weight excluding hydrogens is 226 g/mol. The van der Waals surface area contributed by atoms with Crippen LogP contribution < -0.4 is 0 Å². The standard InChI is InChI=1S/C15H19NO2/c1-3-16(4-2)15(18)12-8-9-13-11(10-12)6-5-7-14(13)17/h8-10H,3-7H2,1-2H3. The number of hydrogen-bond acceptors (Lipinski definition) is 2. The minimum Gasteiger partial charge on any atom is -0.339 e. The minimum atomic E-state index is 0.0563. The first-order valence-corrected chi connectivity index (χ1v) is 6.62. The van der Waals surface area contributed by atoms with Crippen molar-refractivity contribution in [2.75, 3.05) is 13.1 Å². The van der Waals surface area contributed by atoms with Crippen LogP contribution in [0.5, 0.6) is 0 Å². The molecule has 0 bridgehead atoms. The highest BCUT2D eigenvalue weighted by atomic mass is 16.2. The quantitative estimate of drug-likeness (QED) is 0.821. The normalized spacial score (nSPS) is 14.2. The Bertz CT molecular complexity index is 475. The summed E-state index contributed by atoms with van der Waals surface area (Å²) in [6.45, 7) is 5.38. The molecule has 0 atom stereocenters. The van der Waals surface area contributed by atoms with Gasteiger partial charge in [-0.1, -0.05) is 6.07 Å². The molecule has 0 spiro atoms. The van der Waals surface area contributed by atoms with Crippen molar-refractivity contribution in [3.63, 3.8) is 0 Å². The second kappa shape index (κ2) is 5.34. The van der Waals surface area contributed by atoms with Gasteiger partial charge in [0.2, 0.25) is 0 Å². The topological polar surface area (TPSA) is 37.4 Å². The first-order chi connectivity index (χ1) is 8.67. The molecule has 96 valence electrons. The number of carbonyl (C=O) groups excluding carboxylic acids is 2. The highest BCUT2D eigenvalue weighted by Gasteiger charge is 2.19. The molecular formula is C15H19NO2. The van der Waals surface area contributed by atoms with Gasteiger partial charge >= 0.3 is 0 Å². The third kappa shape index (κ3) is 2.30. The second-order valence-corrected chi connectivity index (χ2v) is 4.63. The largest absolute Gasteiger partial charge is 0.339 e. The fourth-order valence-electron chi connectivity index (χ4n) is 2.47. The molecule has 1 amide bonds. The maximum Gasteiger partial charge on any atom is 0.253 e. The fourth-order valence-corrected chi connectivity index (χ4v) is 2.47. The molecule has 0 radical (unpaired) electrons. The van der Waals surface area contributed by atoms with Crippen LogP contribution in [0.3, 0.4) is 0 Å². The van der Waals surface area contributed by atoms with E-state index in [0.29, 0.717) is 25.1 Å². The van der Waals surface area contributed by atoms with Crippen molar-refractivity contribution in [3.8, 4) is 0 Å². The molecule has 1 aliphatic carbocycles. The van der Waals surface area contributed by atoms with Crippen LogP contribution >= 0.6 is 0 Å². The second-order valence-electron chi connectivity index (χ2n) is 4.63. The summed E-state index contributed by atoms with van der Waals surface area (Å²) < 4.78 is 0. The Morgan fingerprint density at radius 1 is 1.22 bits per heavy atom. The van der Waals surface area contributed by atoms with Crippen molar-refractivity contribution in [1.82, 2.24) is 4.90 Å². The number of benzene rings is 1. The highest BCUT2D eigenvalue weighted by molar-refractivity contribution is 6.00. The Balaban J connectivity index is 2.31. The van der Waals surface area contributed by atoms with Gasteiger partial charge in [0.1, 0.15) is 0 Å². The van der Waals surface area contributed by atoms with Gasteiger partial charge in [-0.05, 0) is 44.4 Å². The molecule has 3 nitrogen and oxygen atoms in total. The maximum atomic E-state index is 12.2. The van der Waals surface area contributed by atoms with Gasteiger partial charge < -0.3 is 4.90 Å². The number of amides is 1. The zero-order valence-corrected chi connectivity index (χ0v) is 11.0. The smallest absolute Gasteiger partial charge is 0.253 e. The van der Waals surface area contributed by atoms with Crippen molar-refractivity contribution in [2.45, 2.75) is 33.1 Å². The number of hydrogen-bond donors (Lipinski definition) is 0. The fraction of sp³-hybridized carbons (Fsp3) is 0.467. The van der Waals surface area contributed by atoms with Crippen molar-refractivity contribution < 1.29 is 9.59 Å². The average Bonchev–Trinajstić information content (AvgIpc) is 2.40. The van der Waals surface area contributed by atoms with Crippen LogP contribution in [0.2, 0.25) is 0 Å². The van der Waals surface area contributed by atoms with Gasteiger partial charge in [0, 0.05) is 30.6 Å². The van der Waals surface area contributed by atoms with E-state index >= 15 is 0 Å². The molecule has 0 fully saturated rings. The van der Waals surface area contributed by atoms with E-state index in [1.54, 1.807) is 11.0 Å². The van der Waals surface area contributed by atoms with Gasteiger partial charge in [0.25, 0.3) is 5.91 Å². The van der Waals surface area contributed by atoms with Crippen LogP contribution in [0.1, 0.15) is 53.0 Å². The predicted molar refractivity (Wildman–Crippen MR) is 71.0 cm³/mol. The molecule has 0 aromatic heterocycles. The van der Waals surface area contributed by atoms with Gasteiger partial charge in [0.05, 0.1) is 0 Å². The van der Waals surface area contributed by atoms with Crippen LogP contribution in [0.15, 0.2) is 18.2 Å². The molecule has 0 heterocycles. The summed E-state index contributed by atoms with van der Waals surface area (Å²) in [6, 6.07) is 5.49. The van der Waals surface area contributed by atoms with Crippen molar-refractivity contribution in [1.29, 1.82) is 0 Å². The summed E-state index contributed by atoms with van der Waals surface area (Å²) in [5.74, 6) is 0.263. The zero-order chi connectivity index (χ0) is 13.1. The zero-order valence-electron chi connectivity index (χ0n) is 11.0. The lowest BCUT2D eigenvalue weighted by Crippen LogP contribution is -2.30. The number of carbonyl (C=O) groups is 2. The van der Waals surface area contributed by atoms with Crippen molar-refractivity contribution >= 4 is 11.7 Å². The third-order valence-electron chi connectivity index (χ3n) is 3.55. The monoisotopic (exact) mass is 245 g/mol. The lowest BCUT2D eigenvalue weighted by Gasteiger charge is -2.20. The first-order valence-electron chi connectivity index (χ1n) is 6.62. The SMILES string of the molecule is CCN(CC)C(=O)c1ccc2c(c1)CCCC2=O. The number of aryl methyl sites for hydroxylation is 1. The average molecular weight is 245 g/mol. The van der Waals surface area contributed by atoms with Crippen LogP contribution in [0.4, 0.5) is 0 Å². The van der Waals surface area contributed by atoms with E-state index in [4.69, 9.17) is 0 Å². The summed E-state index contributed by atoms with van der Waals surface area (Å²) in [4.78, 5) is 25.7. The van der Waals surface area contributed by atoms with Crippen LogP contribution in [0, 0.1) is 0 Å². The molecule has 0 aliphatic heterocycles. The molecule has 1 aliphatic rings. The highest BCUT2D eigenvalue weighted by Crippen LogP contribution is 2.22. The predicted octanol–water partition coefficient (Wildman–Crippen LogP) is 2.69. The van der Waals surface area contributed by atoms with Gasteiger partial charge in [-0.2, -0.15) is 0 Å². The number of nitrogens with zero attached hydrogens (tertiary/aromatic N) is 1. The summed E-state index contributed by atoms with van der Waals surface area (Å²) >= 11 is 0. The molecule has 0 N–H and O–H groups in total. The number of rotatable bonds is 3. The molecule has 1 aromatic rings. The molecule has 0 unspecified atom stereocenters. The summed E-state index contributed by atoms with van der Waals surface area (Å²) in [5, 5.41) is 0. The molecule has 1 aromatic carbocycles. The van der Waals surface area contributed by atoms with Gasteiger partial charge in [-0.25, -0.2) is 0 Å². The number of ketones is 1. The van der Waals surface area contributed by atoms with Crippen molar-refractivity contribution in [2.24, 2.45) is 0 Å². The lowest BCUT2D eigenvalue weighted by molar-refractivity contribution is 0.0772. The Hall–Kier alpha value is -1.64. The summed E-state index contributed by atoms with van der Waals surface area (Å²) in [6.07, 6.45) is 2.44. The summed E-state index contributed by atoms with van der Waals surface area (Å²) in [7, 11) is 0. The van der Waals surface area contributed by atoms with E-state index in [-0.39, 0.29) is 11.7 Å². The van der Waals surface area contributed by atoms with E-state index < -0.39 is 0 Å². The minimum absolute atomic E-state index is 0.0563. The number of Topliss-reactive ketones (excluding diaryl/α,β-unsaturated/α-hetero) is 1. The van der Waals surface area contributed by atoms with Crippen LogP contribution in [-0.4, -0.2) is 29.7 Å². The third-order valence-corrected chi connectivity index (χ3v) is 3.55. The van der Waals surface area contributed by atoms with E-state index in [9.17, 15) is 9.59 Å². The van der Waals surface area contributed by atoms with Crippen LogP contribution in [0.25, 0.3) is 0 Å². The maximum absolute atomic E-state index is 12.2. The van der Waals surface area contributed by atoms with Gasteiger partial charge in [-0.15, -0.1) is 0 Å². The Morgan fingerprint density at radius 3 is 2.61 bits per heavy atom. The van der Waals surface area contributed by atoms with E-state index in [1.807, 2.05) is 26.0 Å². The Labute approximate surface area is 108 Å². The number of fused-ring (bicyclic) bond motifs is 1. The summed E-state index contributed by atoms with van der Waals surface area (Å²) in [5.41, 5.74) is 2.54. The molecule has 2 rings (SSSR count). The molecule has 3 heteroatoms. The molecule has 0 saturated heterocycles.